The molecule has 0 unspecified atom stereocenters. The summed E-state index contributed by atoms with van der Waals surface area (Å²) >= 11 is 0. The van der Waals surface area contributed by atoms with Crippen LogP contribution in [0.3, 0.4) is 0 Å². The smallest absolute Gasteiger partial charge is 0.244 e. The minimum Gasteiger partial charge on any atom is -0.497 e. The van der Waals surface area contributed by atoms with Crippen LogP contribution in [0.25, 0.3) is 0 Å². The molecular weight excluding hydrogens is 318 g/mol. The zero-order valence-corrected chi connectivity index (χ0v) is 14.3. The van der Waals surface area contributed by atoms with Gasteiger partial charge in [-0.15, -0.1) is 0 Å². The molecule has 0 fully saturated rings. The van der Waals surface area contributed by atoms with Crippen LogP contribution in [0.4, 0.5) is 0 Å². The predicted molar refractivity (Wildman–Crippen MR) is 86.3 cm³/mol. The predicted octanol–water partition coefficient (Wildman–Crippen LogP) is 1.58. The van der Waals surface area contributed by atoms with E-state index < -0.39 is 10.0 Å². The van der Waals surface area contributed by atoms with Gasteiger partial charge < -0.3 is 9.47 Å². The lowest BCUT2D eigenvalue weighted by Crippen LogP contribution is -2.26. The molecular formula is C15H21N3O4S. The van der Waals surface area contributed by atoms with Crippen molar-refractivity contribution in [2.45, 2.75) is 24.8 Å². The minimum absolute atomic E-state index is 0.0642. The van der Waals surface area contributed by atoms with Crippen LogP contribution in [0.5, 0.6) is 11.5 Å². The second-order valence-electron chi connectivity index (χ2n) is 5.05. The zero-order chi connectivity index (χ0) is 16.9. The number of ether oxygens (including phenoxy) is 2. The molecule has 0 saturated heterocycles. The Morgan fingerprint density at radius 2 is 2.04 bits per heavy atom. The lowest BCUT2D eigenvalue weighted by Gasteiger charge is -2.12. The number of aryl methyl sites for hydroxylation is 2. The fourth-order valence-corrected chi connectivity index (χ4v) is 3.36. The van der Waals surface area contributed by atoms with E-state index in [2.05, 4.69) is 9.82 Å². The van der Waals surface area contributed by atoms with Gasteiger partial charge in [-0.25, -0.2) is 13.1 Å². The SMILES string of the molecule is COc1ccc(OC)c(S(=O)(=O)NCCCn2cc(C)cn2)c1. The topological polar surface area (TPSA) is 82.5 Å². The molecule has 0 aliphatic carbocycles. The molecule has 8 heteroatoms. The van der Waals surface area contributed by atoms with Crippen LogP contribution in [-0.2, 0) is 16.6 Å². The quantitative estimate of drug-likeness (QED) is 0.738. The largest absolute Gasteiger partial charge is 0.497 e. The molecule has 7 nitrogen and oxygen atoms in total. The number of methoxy groups -OCH3 is 2. The van der Waals surface area contributed by atoms with Gasteiger partial charge in [-0.1, -0.05) is 0 Å². The van der Waals surface area contributed by atoms with Crippen LogP contribution in [0, 0.1) is 6.92 Å². The van der Waals surface area contributed by atoms with E-state index in [4.69, 9.17) is 9.47 Å². The number of rotatable bonds is 8. The fourth-order valence-electron chi connectivity index (χ4n) is 2.11. The van der Waals surface area contributed by atoms with Crippen molar-refractivity contribution in [2.24, 2.45) is 0 Å². The van der Waals surface area contributed by atoms with Gasteiger partial charge >= 0.3 is 0 Å². The summed E-state index contributed by atoms with van der Waals surface area (Å²) in [6, 6.07) is 4.66. The van der Waals surface area contributed by atoms with Gasteiger partial charge in [0.2, 0.25) is 10.0 Å². The Balaban J connectivity index is 2.01. The molecule has 2 rings (SSSR count). The number of aromatic nitrogens is 2. The van der Waals surface area contributed by atoms with Gasteiger partial charge in [0.1, 0.15) is 16.4 Å². The molecule has 0 aliphatic heterocycles. The van der Waals surface area contributed by atoms with Gasteiger partial charge in [0.05, 0.1) is 20.4 Å². The maximum Gasteiger partial charge on any atom is 0.244 e. The molecule has 1 heterocycles. The summed E-state index contributed by atoms with van der Waals surface area (Å²) < 4.78 is 39.4. The molecule has 0 aliphatic rings. The lowest BCUT2D eigenvalue weighted by molar-refractivity contribution is 0.392. The molecule has 1 aromatic carbocycles. The summed E-state index contributed by atoms with van der Waals surface area (Å²) in [4.78, 5) is 0.0642. The average Bonchev–Trinajstić information content (AvgIpc) is 2.96. The van der Waals surface area contributed by atoms with E-state index in [9.17, 15) is 8.42 Å². The van der Waals surface area contributed by atoms with Crippen molar-refractivity contribution in [1.29, 1.82) is 0 Å². The Labute approximate surface area is 136 Å². The van der Waals surface area contributed by atoms with Crippen molar-refractivity contribution in [1.82, 2.24) is 14.5 Å². The molecule has 0 bridgehead atoms. The summed E-state index contributed by atoms with van der Waals surface area (Å²) in [5.74, 6) is 0.735. The van der Waals surface area contributed by atoms with Gasteiger partial charge in [0, 0.05) is 25.4 Å². The number of sulfonamides is 1. The van der Waals surface area contributed by atoms with Crippen molar-refractivity contribution in [3.8, 4) is 11.5 Å². The second kappa shape index (κ2) is 7.47. The van der Waals surface area contributed by atoms with Gasteiger partial charge in [-0.05, 0) is 31.0 Å². The fraction of sp³-hybridized carbons (Fsp3) is 0.400. The zero-order valence-electron chi connectivity index (χ0n) is 13.4. The second-order valence-corrected chi connectivity index (χ2v) is 6.78. The van der Waals surface area contributed by atoms with Crippen molar-refractivity contribution >= 4 is 10.0 Å². The number of hydrogen-bond donors (Lipinski definition) is 1. The summed E-state index contributed by atoms with van der Waals surface area (Å²) in [5, 5.41) is 4.16. The van der Waals surface area contributed by atoms with E-state index in [-0.39, 0.29) is 10.6 Å². The van der Waals surface area contributed by atoms with Crippen molar-refractivity contribution in [3.63, 3.8) is 0 Å². The van der Waals surface area contributed by atoms with Gasteiger partial charge in [-0.3, -0.25) is 4.68 Å². The van der Waals surface area contributed by atoms with E-state index >= 15 is 0 Å². The molecule has 2 aromatic rings. The number of nitrogens with zero attached hydrogens (tertiary/aromatic N) is 2. The van der Waals surface area contributed by atoms with Crippen LogP contribution >= 0.6 is 0 Å². The number of nitrogens with one attached hydrogen (secondary N) is 1. The Morgan fingerprint density at radius 3 is 2.65 bits per heavy atom. The van der Waals surface area contributed by atoms with Gasteiger partial charge in [0.15, 0.2) is 0 Å². The maximum atomic E-state index is 12.4. The van der Waals surface area contributed by atoms with Crippen LogP contribution in [0.1, 0.15) is 12.0 Å². The molecule has 1 N–H and O–H groups in total. The first-order chi connectivity index (χ1) is 11.0. The van der Waals surface area contributed by atoms with Crippen molar-refractivity contribution < 1.29 is 17.9 Å². The highest BCUT2D eigenvalue weighted by molar-refractivity contribution is 7.89. The van der Waals surface area contributed by atoms with Gasteiger partial charge in [-0.2, -0.15) is 5.10 Å². The Morgan fingerprint density at radius 1 is 1.26 bits per heavy atom. The molecule has 1 aromatic heterocycles. The normalized spacial score (nSPS) is 11.4. The molecule has 0 atom stereocenters. The van der Waals surface area contributed by atoms with E-state index in [1.165, 1.54) is 20.3 Å². The number of hydrogen-bond acceptors (Lipinski definition) is 5. The van der Waals surface area contributed by atoms with E-state index in [1.54, 1.807) is 23.0 Å². The average molecular weight is 339 g/mol. The first kappa shape index (κ1) is 17.3. The van der Waals surface area contributed by atoms with Gasteiger partial charge in [0.25, 0.3) is 0 Å². The third-order valence-electron chi connectivity index (χ3n) is 3.28. The van der Waals surface area contributed by atoms with Crippen LogP contribution in [0.2, 0.25) is 0 Å². The maximum absolute atomic E-state index is 12.4. The van der Waals surface area contributed by atoms with Crippen molar-refractivity contribution in [2.75, 3.05) is 20.8 Å². The summed E-state index contributed by atoms with van der Waals surface area (Å²) in [6.07, 6.45) is 4.32. The third kappa shape index (κ3) is 4.46. The third-order valence-corrected chi connectivity index (χ3v) is 4.76. The minimum atomic E-state index is -3.67. The Kier molecular flexibility index (Phi) is 5.62. The van der Waals surface area contributed by atoms with E-state index in [1.807, 2.05) is 13.1 Å². The molecule has 23 heavy (non-hydrogen) atoms. The Hall–Kier alpha value is -2.06. The monoisotopic (exact) mass is 339 g/mol. The summed E-state index contributed by atoms with van der Waals surface area (Å²) in [7, 11) is -0.754. The molecule has 0 radical (unpaired) electrons. The van der Waals surface area contributed by atoms with Crippen LogP contribution in [0.15, 0.2) is 35.5 Å². The standard InChI is InChI=1S/C15H21N3O4S/c1-12-10-16-18(11-12)8-4-7-17-23(19,20)15-9-13(21-2)5-6-14(15)22-3/h5-6,9-11,17H,4,7-8H2,1-3H3. The van der Waals surface area contributed by atoms with Crippen molar-refractivity contribution in [3.05, 3.63) is 36.2 Å². The summed E-state index contributed by atoms with van der Waals surface area (Å²) in [6.45, 7) is 2.91. The first-order valence-corrected chi connectivity index (χ1v) is 8.65. The van der Waals surface area contributed by atoms with Crippen LogP contribution in [-0.4, -0.2) is 39.0 Å². The van der Waals surface area contributed by atoms with E-state index in [0.717, 1.165) is 5.56 Å². The first-order valence-electron chi connectivity index (χ1n) is 7.17. The lowest BCUT2D eigenvalue weighted by atomic mass is 10.3. The highest BCUT2D eigenvalue weighted by Crippen LogP contribution is 2.27. The number of benzene rings is 1. The van der Waals surface area contributed by atoms with E-state index in [0.29, 0.717) is 25.3 Å². The van der Waals surface area contributed by atoms with Crippen LogP contribution < -0.4 is 14.2 Å². The molecule has 126 valence electrons. The Bertz CT molecular complexity index is 756. The molecule has 0 saturated carbocycles. The highest BCUT2D eigenvalue weighted by Gasteiger charge is 2.20. The summed E-state index contributed by atoms with van der Waals surface area (Å²) in [5.41, 5.74) is 1.08. The molecule has 0 amide bonds. The molecule has 0 spiro atoms. The highest BCUT2D eigenvalue weighted by atomic mass is 32.2.